The number of nitro benzene ring substituents is 1. The zero-order valence-electron chi connectivity index (χ0n) is 12.4. The third kappa shape index (κ3) is 5.10. The average Bonchev–Trinajstić information content (AvgIpc) is 2.48. The van der Waals surface area contributed by atoms with Gasteiger partial charge in [-0.3, -0.25) is 10.1 Å². The van der Waals surface area contributed by atoms with Gasteiger partial charge in [0.05, 0.1) is 23.6 Å². The van der Waals surface area contributed by atoms with E-state index in [1.807, 2.05) is 0 Å². The summed E-state index contributed by atoms with van der Waals surface area (Å²) in [6.45, 7) is -0.0591. The Hall–Kier alpha value is -1.29. The van der Waals surface area contributed by atoms with Gasteiger partial charge in [-0.2, -0.15) is 0 Å². The second-order valence-electron chi connectivity index (χ2n) is 4.94. The van der Waals surface area contributed by atoms with Crippen molar-refractivity contribution in [2.75, 3.05) is 0 Å². The zero-order chi connectivity index (χ0) is 16.3. The summed E-state index contributed by atoms with van der Waals surface area (Å²) in [6.07, 6.45) is -2.67. The number of carbonyl (C=O) groups excluding carboxylic acids is 1. The molecule has 0 saturated heterocycles. The fourth-order valence-corrected chi connectivity index (χ4v) is 2.20. The van der Waals surface area contributed by atoms with Crippen LogP contribution in [0.4, 0.5) is 5.69 Å². The van der Waals surface area contributed by atoms with Crippen LogP contribution in [0.15, 0.2) is 35.9 Å². The first kappa shape index (κ1) is 19.8. The predicted octanol–water partition coefficient (Wildman–Crippen LogP) is -3.71. The van der Waals surface area contributed by atoms with Gasteiger partial charge in [0.1, 0.15) is 12.2 Å². The molecule has 0 spiro atoms. The molecule has 1 aliphatic rings. The van der Waals surface area contributed by atoms with Gasteiger partial charge in [0.25, 0.3) is 5.69 Å². The summed E-state index contributed by atoms with van der Waals surface area (Å²) >= 11 is 0. The Labute approximate surface area is 153 Å². The number of rotatable bonds is 5. The molecule has 0 saturated carbocycles. The number of hydrogen-bond acceptors (Lipinski definition) is 7. The summed E-state index contributed by atoms with van der Waals surface area (Å²) in [6, 6.07) is 5.75. The second-order valence-corrected chi connectivity index (χ2v) is 4.94. The van der Waals surface area contributed by atoms with E-state index in [-0.39, 0.29) is 53.8 Å². The van der Waals surface area contributed by atoms with Crippen LogP contribution in [-0.4, -0.2) is 39.4 Å². The third-order valence-electron chi connectivity index (χ3n) is 3.37. The standard InChI is InChI=1S/C14H15NO7.Na/c16-11-5-9(14(18)19)6-12(13(11)17)22-7-8-2-1-3-10(4-8)15(20)21;/h1-5,11-13,16-17H,6-7H2,(H,18,19);/q;+1/p-1/t11-,12-,13-;/m1./s1. The maximum atomic E-state index is 10.8. The number of carbonyl (C=O) groups is 1. The monoisotopic (exact) mass is 331 g/mol. The first-order valence-electron chi connectivity index (χ1n) is 6.51. The molecule has 0 amide bonds. The first-order valence-corrected chi connectivity index (χ1v) is 6.51. The van der Waals surface area contributed by atoms with Gasteiger partial charge >= 0.3 is 29.6 Å². The molecule has 23 heavy (non-hydrogen) atoms. The summed E-state index contributed by atoms with van der Waals surface area (Å²) in [7, 11) is 0. The van der Waals surface area contributed by atoms with Crippen molar-refractivity contribution in [3.05, 3.63) is 51.6 Å². The molecule has 1 aromatic carbocycles. The molecule has 1 aromatic rings. The van der Waals surface area contributed by atoms with Gasteiger partial charge in [-0.25, -0.2) is 0 Å². The maximum absolute atomic E-state index is 10.8. The molecule has 8 nitrogen and oxygen atoms in total. The largest absolute Gasteiger partial charge is 1.00 e. The maximum Gasteiger partial charge on any atom is 1.00 e. The molecule has 0 aromatic heterocycles. The van der Waals surface area contributed by atoms with Crippen molar-refractivity contribution >= 4 is 11.7 Å². The topological polar surface area (TPSA) is 133 Å². The molecule has 0 radical (unpaired) electrons. The van der Waals surface area contributed by atoms with Gasteiger partial charge in [-0.05, 0) is 17.2 Å². The molecular formula is C14H14NNaO7. The smallest absolute Gasteiger partial charge is 0.545 e. The number of benzene rings is 1. The van der Waals surface area contributed by atoms with E-state index in [0.29, 0.717) is 5.56 Å². The number of aliphatic hydroxyl groups excluding tert-OH is 2. The van der Waals surface area contributed by atoms with Crippen molar-refractivity contribution in [3.63, 3.8) is 0 Å². The number of ether oxygens (including phenoxy) is 1. The second kappa shape index (κ2) is 8.53. The van der Waals surface area contributed by atoms with Gasteiger partial charge in [-0.15, -0.1) is 0 Å². The normalized spacial score (nSPS) is 23.6. The van der Waals surface area contributed by atoms with Crippen LogP contribution in [0.1, 0.15) is 12.0 Å². The predicted molar refractivity (Wildman–Crippen MR) is 71.4 cm³/mol. The van der Waals surface area contributed by atoms with E-state index >= 15 is 0 Å². The average molecular weight is 331 g/mol. The molecule has 2 rings (SSSR count). The number of nitro groups is 1. The fraction of sp³-hybridized carbons (Fsp3) is 0.357. The number of aliphatic hydroxyl groups is 2. The molecule has 118 valence electrons. The van der Waals surface area contributed by atoms with Crippen LogP contribution in [0.5, 0.6) is 0 Å². The fourth-order valence-electron chi connectivity index (χ4n) is 2.20. The van der Waals surface area contributed by atoms with E-state index in [1.165, 1.54) is 18.2 Å². The van der Waals surface area contributed by atoms with E-state index in [4.69, 9.17) is 4.74 Å². The number of non-ortho nitro benzene ring substituents is 1. The summed E-state index contributed by atoms with van der Waals surface area (Å²) < 4.78 is 5.40. The van der Waals surface area contributed by atoms with Crippen LogP contribution >= 0.6 is 0 Å². The summed E-state index contributed by atoms with van der Waals surface area (Å²) in [4.78, 5) is 21.0. The van der Waals surface area contributed by atoms with E-state index in [2.05, 4.69) is 0 Å². The molecular weight excluding hydrogens is 317 g/mol. The third-order valence-corrected chi connectivity index (χ3v) is 3.37. The van der Waals surface area contributed by atoms with Crippen LogP contribution in [0, 0.1) is 10.1 Å². The summed E-state index contributed by atoms with van der Waals surface area (Å²) in [5, 5.41) is 40.9. The number of aliphatic carboxylic acids is 1. The van der Waals surface area contributed by atoms with E-state index in [9.17, 15) is 30.2 Å². The zero-order valence-corrected chi connectivity index (χ0v) is 14.4. The summed E-state index contributed by atoms with van der Waals surface area (Å²) in [5.41, 5.74) is 0.253. The van der Waals surface area contributed by atoms with Crippen molar-refractivity contribution in [1.82, 2.24) is 0 Å². The Morgan fingerprint density at radius 1 is 1.39 bits per heavy atom. The molecule has 3 atom stereocenters. The van der Waals surface area contributed by atoms with Crippen LogP contribution in [0.3, 0.4) is 0 Å². The van der Waals surface area contributed by atoms with Gasteiger partial charge in [-0.1, -0.05) is 12.1 Å². The number of hydrogen-bond donors (Lipinski definition) is 2. The van der Waals surface area contributed by atoms with E-state index in [1.54, 1.807) is 6.07 Å². The van der Waals surface area contributed by atoms with Gasteiger partial charge in [0.2, 0.25) is 0 Å². The van der Waals surface area contributed by atoms with Crippen LogP contribution in [0.2, 0.25) is 0 Å². The van der Waals surface area contributed by atoms with Gasteiger partial charge in [0.15, 0.2) is 0 Å². The van der Waals surface area contributed by atoms with Crippen LogP contribution in [0.25, 0.3) is 0 Å². The van der Waals surface area contributed by atoms with Gasteiger partial charge < -0.3 is 24.9 Å². The molecule has 0 aliphatic heterocycles. The number of nitrogens with zero attached hydrogens (tertiary/aromatic N) is 1. The molecule has 0 unspecified atom stereocenters. The number of carboxylic acid groups (broad SMARTS) is 1. The van der Waals surface area contributed by atoms with Crippen molar-refractivity contribution in [3.8, 4) is 0 Å². The molecule has 2 N–H and O–H groups in total. The molecule has 0 bridgehead atoms. The van der Waals surface area contributed by atoms with Crippen LogP contribution in [-0.2, 0) is 16.1 Å². The van der Waals surface area contributed by atoms with Crippen LogP contribution < -0.4 is 34.7 Å². The quantitative estimate of drug-likeness (QED) is 0.322. The van der Waals surface area contributed by atoms with Crippen molar-refractivity contribution in [2.45, 2.75) is 31.3 Å². The Morgan fingerprint density at radius 3 is 2.70 bits per heavy atom. The Morgan fingerprint density at radius 2 is 2.09 bits per heavy atom. The minimum atomic E-state index is -1.44. The molecule has 9 heteroatoms. The van der Waals surface area contributed by atoms with Gasteiger partial charge in [0, 0.05) is 18.6 Å². The number of carboxylic acids is 1. The Kier molecular flexibility index (Phi) is 7.33. The van der Waals surface area contributed by atoms with Crippen molar-refractivity contribution in [2.24, 2.45) is 0 Å². The van der Waals surface area contributed by atoms with E-state index in [0.717, 1.165) is 6.08 Å². The van der Waals surface area contributed by atoms with Crippen molar-refractivity contribution in [1.29, 1.82) is 0 Å². The minimum Gasteiger partial charge on any atom is -0.545 e. The minimum absolute atomic E-state index is 0. The first-order chi connectivity index (χ1) is 10.4. The molecule has 0 heterocycles. The van der Waals surface area contributed by atoms with E-state index < -0.39 is 29.2 Å². The van der Waals surface area contributed by atoms with Crippen molar-refractivity contribution < 1.29 is 59.3 Å². The SMILES string of the molecule is O=C([O-])C1=C[C@@H](O)[C@@H](O)[C@H](OCc2cccc([N+](=O)[O-])c2)C1.[Na+]. The molecule has 0 fully saturated rings. The summed E-state index contributed by atoms with van der Waals surface area (Å²) in [5.74, 6) is -1.44. The Balaban J connectivity index is 0.00000264. The molecule has 1 aliphatic carbocycles. The Bertz CT molecular complexity index is 619.